The number of rotatable bonds is 6. The predicted octanol–water partition coefficient (Wildman–Crippen LogP) is 0.254. The number of aromatic nitrogens is 8. The lowest BCUT2D eigenvalue weighted by Gasteiger charge is -2.08. The minimum absolute atomic E-state index is 0.522. The quantitative estimate of drug-likeness (QED) is 0.699. The zero-order chi connectivity index (χ0) is 13.0. The van der Waals surface area contributed by atoms with E-state index >= 15 is 0 Å². The van der Waals surface area contributed by atoms with Crippen LogP contribution in [0.4, 0.5) is 0 Å². The topological polar surface area (TPSA) is 87.2 Å². The number of thioether (sulfide) groups is 2. The highest BCUT2D eigenvalue weighted by atomic mass is 32.2. The highest BCUT2D eigenvalue weighted by Gasteiger charge is 2.10. The van der Waals surface area contributed by atoms with Gasteiger partial charge in [0.1, 0.15) is 0 Å². The number of aryl methyl sites for hydroxylation is 2. The van der Waals surface area contributed by atoms with E-state index in [-0.39, 0.29) is 0 Å². The highest BCUT2D eigenvalue weighted by Crippen LogP contribution is 2.22. The van der Waals surface area contributed by atoms with Crippen LogP contribution in [0.3, 0.4) is 0 Å². The van der Waals surface area contributed by atoms with Gasteiger partial charge in [-0.1, -0.05) is 30.4 Å². The van der Waals surface area contributed by atoms with Gasteiger partial charge in [0.05, 0.1) is 0 Å². The molecule has 0 aliphatic rings. The molecule has 8 nitrogen and oxygen atoms in total. The molecular weight excluding hydrogens is 272 g/mol. The van der Waals surface area contributed by atoms with Crippen molar-refractivity contribution in [1.29, 1.82) is 0 Å². The van der Waals surface area contributed by atoms with Crippen molar-refractivity contribution < 1.29 is 0 Å². The molecule has 0 fully saturated rings. The molecule has 2 aromatic heterocycles. The van der Waals surface area contributed by atoms with Gasteiger partial charge in [-0.3, -0.25) is 0 Å². The minimum Gasteiger partial charge on any atom is -0.224 e. The average Bonchev–Trinajstić information content (AvgIpc) is 2.93. The first-order valence-corrected chi connectivity index (χ1v) is 7.34. The fraction of sp³-hybridized carbons (Fsp3) is 0.750. The largest absolute Gasteiger partial charge is 0.224 e. The van der Waals surface area contributed by atoms with Gasteiger partial charge in [-0.15, -0.1) is 10.2 Å². The number of tetrazole rings is 2. The molecular formula is C8H14N8S2. The maximum atomic E-state index is 3.93. The fourth-order valence-electron chi connectivity index (χ4n) is 1.17. The summed E-state index contributed by atoms with van der Waals surface area (Å²) < 4.78 is 3.36. The number of nitrogens with zero attached hydrogens (tertiary/aromatic N) is 8. The third-order valence-electron chi connectivity index (χ3n) is 2.16. The maximum Gasteiger partial charge on any atom is 0.209 e. The molecule has 0 aliphatic carbocycles. The third kappa shape index (κ3) is 3.42. The van der Waals surface area contributed by atoms with Crippen molar-refractivity contribution in [3.05, 3.63) is 0 Å². The summed E-state index contributed by atoms with van der Waals surface area (Å²) >= 11 is 3.32. The Labute approximate surface area is 113 Å². The Balaban J connectivity index is 1.74. The summed E-state index contributed by atoms with van der Waals surface area (Å²) in [7, 11) is 3.68. The zero-order valence-corrected chi connectivity index (χ0v) is 12.0. The van der Waals surface area contributed by atoms with Crippen LogP contribution in [0, 0.1) is 5.92 Å². The smallest absolute Gasteiger partial charge is 0.209 e. The molecule has 0 atom stereocenters. The molecule has 0 N–H and O–H groups in total. The van der Waals surface area contributed by atoms with Crippen molar-refractivity contribution >= 4 is 23.5 Å². The van der Waals surface area contributed by atoms with Gasteiger partial charge in [-0.2, -0.15) is 0 Å². The van der Waals surface area contributed by atoms with E-state index in [0.717, 1.165) is 21.8 Å². The molecule has 10 heteroatoms. The van der Waals surface area contributed by atoms with Crippen LogP contribution in [-0.2, 0) is 14.1 Å². The molecule has 98 valence electrons. The molecule has 0 saturated carbocycles. The maximum absolute atomic E-state index is 3.93. The summed E-state index contributed by atoms with van der Waals surface area (Å²) in [6.07, 6.45) is 0. The van der Waals surface area contributed by atoms with Crippen LogP contribution < -0.4 is 0 Å². The first-order chi connectivity index (χ1) is 8.66. The van der Waals surface area contributed by atoms with Crippen molar-refractivity contribution in [2.75, 3.05) is 11.5 Å². The van der Waals surface area contributed by atoms with Crippen molar-refractivity contribution in [1.82, 2.24) is 40.4 Å². The second-order valence-corrected chi connectivity index (χ2v) is 5.87. The van der Waals surface area contributed by atoms with Crippen LogP contribution in [0.2, 0.25) is 0 Å². The lowest BCUT2D eigenvalue weighted by molar-refractivity contribution is 0.659. The predicted molar refractivity (Wildman–Crippen MR) is 68.2 cm³/mol. The van der Waals surface area contributed by atoms with E-state index in [4.69, 9.17) is 0 Å². The van der Waals surface area contributed by atoms with Crippen molar-refractivity contribution in [3.63, 3.8) is 0 Å². The van der Waals surface area contributed by atoms with Crippen LogP contribution in [-0.4, -0.2) is 51.9 Å². The van der Waals surface area contributed by atoms with E-state index in [1.165, 1.54) is 0 Å². The summed E-state index contributed by atoms with van der Waals surface area (Å²) in [5.74, 6) is 2.45. The average molecular weight is 286 g/mol. The Hall–Kier alpha value is -1.16. The van der Waals surface area contributed by atoms with Crippen molar-refractivity contribution in [2.24, 2.45) is 20.0 Å². The Morgan fingerprint density at radius 2 is 1.39 bits per heavy atom. The molecule has 0 radical (unpaired) electrons. The SMILES string of the molecule is CC(CSc1nnnn1C)CSc1nnnn1C. The van der Waals surface area contributed by atoms with E-state index in [9.17, 15) is 0 Å². The Kier molecular flexibility index (Phi) is 4.53. The molecule has 2 heterocycles. The summed E-state index contributed by atoms with van der Waals surface area (Å²) in [6.45, 7) is 2.19. The number of hydrogen-bond acceptors (Lipinski definition) is 8. The van der Waals surface area contributed by atoms with E-state index < -0.39 is 0 Å². The van der Waals surface area contributed by atoms with Gasteiger partial charge >= 0.3 is 0 Å². The molecule has 2 aromatic rings. The van der Waals surface area contributed by atoms with Gasteiger partial charge in [-0.25, -0.2) is 9.36 Å². The monoisotopic (exact) mass is 286 g/mol. The lowest BCUT2D eigenvalue weighted by atomic mass is 10.3. The lowest BCUT2D eigenvalue weighted by Crippen LogP contribution is -2.04. The molecule has 0 amide bonds. The van der Waals surface area contributed by atoms with Gasteiger partial charge in [0.2, 0.25) is 10.3 Å². The van der Waals surface area contributed by atoms with E-state index in [1.54, 1.807) is 32.9 Å². The molecule has 0 spiro atoms. The van der Waals surface area contributed by atoms with Gasteiger partial charge in [-0.05, 0) is 26.8 Å². The molecule has 2 rings (SSSR count). The Morgan fingerprint density at radius 3 is 1.72 bits per heavy atom. The van der Waals surface area contributed by atoms with Crippen LogP contribution in [0.25, 0.3) is 0 Å². The summed E-state index contributed by atoms with van der Waals surface area (Å²) in [5, 5.41) is 24.3. The van der Waals surface area contributed by atoms with Crippen molar-refractivity contribution in [3.8, 4) is 0 Å². The van der Waals surface area contributed by atoms with Crippen LogP contribution in [0.1, 0.15) is 6.92 Å². The highest BCUT2D eigenvalue weighted by molar-refractivity contribution is 8.00. The zero-order valence-electron chi connectivity index (χ0n) is 10.4. The normalized spacial score (nSPS) is 11.3. The second-order valence-electron chi connectivity index (χ2n) is 3.90. The molecule has 0 bridgehead atoms. The van der Waals surface area contributed by atoms with Crippen molar-refractivity contribution in [2.45, 2.75) is 17.2 Å². The first-order valence-electron chi connectivity index (χ1n) is 5.37. The third-order valence-corrected chi connectivity index (χ3v) is 4.84. The van der Waals surface area contributed by atoms with Crippen LogP contribution in [0.5, 0.6) is 0 Å². The fourth-order valence-corrected chi connectivity index (χ4v) is 3.06. The molecule has 18 heavy (non-hydrogen) atoms. The van der Waals surface area contributed by atoms with E-state index in [0.29, 0.717) is 5.92 Å². The van der Waals surface area contributed by atoms with E-state index in [2.05, 4.69) is 38.0 Å². The Bertz CT molecular complexity index is 451. The summed E-state index contributed by atoms with van der Waals surface area (Å²) in [6, 6.07) is 0. The first kappa shape index (κ1) is 13.3. The standard InChI is InChI=1S/C8H14N8S2/c1-6(4-17-7-9-11-13-15(7)2)5-18-8-10-12-14-16(8)3/h6H,4-5H2,1-3H3. The summed E-state index contributed by atoms with van der Waals surface area (Å²) in [4.78, 5) is 0. The van der Waals surface area contributed by atoms with Gasteiger partial charge in [0.25, 0.3) is 0 Å². The van der Waals surface area contributed by atoms with Gasteiger partial charge in [0.15, 0.2) is 0 Å². The molecule has 0 unspecified atom stereocenters. The minimum atomic E-state index is 0.522. The number of hydrogen-bond donors (Lipinski definition) is 0. The Morgan fingerprint density at radius 1 is 0.944 bits per heavy atom. The summed E-state index contributed by atoms with van der Waals surface area (Å²) in [5.41, 5.74) is 0. The molecule has 0 aromatic carbocycles. The van der Waals surface area contributed by atoms with Gasteiger partial charge < -0.3 is 0 Å². The molecule has 0 aliphatic heterocycles. The van der Waals surface area contributed by atoms with E-state index in [1.807, 2.05) is 14.1 Å². The molecule has 0 saturated heterocycles. The van der Waals surface area contributed by atoms with Crippen LogP contribution in [0.15, 0.2) is 10.3 Å². The second kappa shape index (κ2) is 6.14. The van der Waals surface area contributed by atoms with Gasteiger partial charge in [0, 0.05) is 25.6 Å². The van der Waals surface area contributed by atoms with Crippen LogP contribution >= 0.6 is 23.5 Å².